The van der Waals surface area contributed by atoms with Gasteiger partial charge in [0, 0.05) is 0 Å². The highest BCUT2D eigenvalue weighted by Crippen LogP contribution is 2.26. The number of hydrogen-bond acceptors (Lipinski definition) is 7. The quantitative estimate of drug-likeness (QED) is 0.557. The molecule has 3 rings (SSSR count). The van der Waals surface area contributed by atoms with Gasteiger partial charge in [0.2, 0.25) is 0 Å². The summed E-state index contributed by atoms with van der Waals surface area (Å²) in [4.78, 5) is 13.2. The van der Waals surface area contributed by atoms with Crippen molar-refractivity contribution in [3.8, 4) is 16.5 Å². The fourth-order valence-corrected chi connectivity index (χ4v) is 2.77. The average molecular weight is 372 g/mol. The van der Waals surface area contributed by atoms with Gasteiger partial charge >= 0.3 is 5.97 Å². The highest BCUT2D eigenvalue weighted by atomic mass is 32.1. The van der Waals surface area contributed by atoms with E-state index in [0.717, 1.165) is 10.6 Å². The second-order valence-electron chi connectivity index (χ2n) is 6.20. The number of esters is 1. The number of benzene rings is 1. The normalized spacial score (nSPS) is 12.2. The van der Waals surface area contributed by atoms with E-state index < -0.39 is 12.1 Å². The first-order chi connectivity index (χ1) is 12.5. The van der Waals surface area contributed by atoms with Crippen LogP contribution in [0, 0.1) is 5.92 Å². The SMILES string of the molecule is CC(C)COc1ccc(C(=O)O[C@H](C)c2nnc(-c3cccs3)o2)cc1. The lowest BCUT2D eigenvalue weighted by Crippen LogP contribution is -2.10. The van der Waals surface area contributed by atoms with Crippen molar-refractivity contribution in [2.75, 3.05) is 6.61 Å². The van der Waals surface area contributed by atoms with Crippen molar-refractivity contribution >= 4 is 17.3 Å². The van der Waals surface area contributed by atoms with Crippen molar-refractivity contribution in [2.45, 2.75) is 26.9 Å². The number of hydrogen-bond donors (Lipinski definition) is 0. The van der Waals surface area contributed by atoms with Crippen LogP contribution in [-0.4, -0.2) is 22.8 Å². The van der Waals surface area contributed by atoms with Gasteiger partial charge in [-0.25, -0.2) is 4.79 Å². The van der Waals surface area contributed by atoms with E-state index in [4.69, 9.17) is 13.9 Å². The molecule has 0 aliphatic carbocycles. The summed E-state index contributed by atoms with van der Waals surface area (Å²) in [5, 5.41) is 9.89. The number of carbonyl (C=O) groups is 1. The zero-order valence-corrected chi connectivity index (χ0v) is 15.7. The molecule has 0 aliphatic heterocycles. The van der Waals surface area contributed by atoms with Crippen LogP contribution in [-0.2, 0) is 4.74 Å². The fraction of sp³-hybridized carbons (Fsp3) is 0.316. The van der Waals surface area contributed by atoms with Crippen molar-refractivity contribution in [1.29, 1.82) is 0 Å². The maximum Gasteiger partial charge on any atom is 0.338 e. The number of nitrogens with zero attached hydrogens (tertiary/aromatic N) is 2. The van der Waals surface area contributed by atoms with Crippen LogP contribution >= 0.6 is 11.3 Å². The van der Waals surface area contributed by atoms with Crippen LogP contribution in [0.15, 0.2) is 46.2 Å². The van der Waals surface area contributed by atoms with Gasteiger partial charge in [-0.05, 0) is 48.6 Å². The molecular weight excluding hydrogens is 352 g/mol. The Kier molecular flexibility index (Phi) is 5.68. The predicted molar refractivity (Wildman–Crippen MR) is 98.2 cm³/mol. The Morgan fingerprint density at radius 2 is 1.92 bits per heavy atom. The van der Waals surface area contributed by atoms with Crippen LogP contribution in [0.1, 0.15) is 43.1 Å². The third kappa shape index (κ3) is 4.49. The Labute approximate surface area is 155 Å². The largest absolute Gasteiger partial charge is 0.493 e. The summed E-state index contributed by atoms with van der Waals surface area (Å²) < 4.78 is 16.6. The van der Waals surface area contributed by atoms with Gasteiger partial charge in [-0.15, -0.1) is 21.5 Å². The lowest BCUT2D eigenvalue weighted by molar-refractivity contribution is 0.0280. The van der Waals surface area contributed by atoms with Gasteiger partial charge in [0.1, 0.15) is 5.75 Å². The van der Waals surface area contributed by atoms with E-state index in [1.165, 1.54) is 11.3 Å². The van der Waals surface area contributed by atoms with Crippen molar-refractivity contribution in [1.82, 2.24) is 10.2 Å². The van der Waals surface area contributed by atoms with E-state index >= 15 is 0 Å². The van der Waals surface area contributed by atoms with Gasteiger partial charge in [-0.1, -0.05) is 19.9 Å². The van der Waals surface area contributed by atoms with Gasteiger partial charge < -0.3 is 13.9 Å². The molecule has 3 aromatic rings. The molecule has 136 valence electrons. The van der Waals surface area contributed by atoms with Gasteiger partial charge in [-0.3, -0.25) is 0 Å². The molecule has 6 nitrogen and oxygen atoms in total. The predicted octanol–water partition coefficient (Wildman–Crippen LogP) is 4.75. The van der Waals surface area contributed by atoms with Crippen LogP contribution in [0.2, 0.25) is 0 Å². The molecule has 0 unspecified atom stereocenters. The van der Waals surface area contributed by atoms with Gasteiger partial charge in [0.05, 0.1) is 17.0 Å². The summed E-state index contributed by atoms with van der Waals surface area (Å²) in [6.45, 7) is 6.48. The highest BCUT2D eigenvalue weighted by Gasteiger charge is 2.20. The number of aromatic nitrogens is 2. The van der Waals surface area contributed by atoms with Crippen molar-refractivity contribution in [3.05, 3.63) is 53.2 Å². The Hall–Kier alpha value is -2.67. The first-order valence-electron chi connectivity index (χ1n) is 8.34. The van der Waals surface area contributed by atoms with E-state index in [-0.39, 0.29) is 5.89 Å². The first-order valence-corrected chi connectivity index (χ1v) is 9.22. The molecule has 0 fully saturated rings. The minimum Gasteiger partial charge on any atom is -0.493 e. The molecule has 7 heteroatoms. The average Bonchev–Trinajstić information content (AvgIpc) is 3.31. The van der Waals surface area contributed by atoms with Gasteiger partial charge in [0.25, 0.3) is 11.8 Å². The molecule has 0 saturated carbocycles. The van der Waals surface area contributed by atoms with E-state index in [2.05, 4.69) is 24.0 Å². The first kappa shape index (κ1) is 18.1. The van der Waals surface area contributed by atoms with Crippen LogP contribution in [0.3, 0.4) is 0 Å². The summed E-state index contributed by atoms with van der Waals surface area (Å²) in [5.74, 6) is 1.39. The number of thiophene rings is 1. The minimum atomic E-state index is -0.638. The van der Waals surface area contributed by atoms with Crippen molar-refractivity contribution in [3.63, 3.8) is 0 Å². The smallest absolute Gasteiger partial charge is 0.338 e. The molecule has 1 aromatic carbocycles. The van der Waals surface area contributed by atoms with Crippen LogP contribution < -0.4 is 4.74 Å². The zero-order chi connectivity index (χ0) is 18.5. The second kappa shape index (κ2) is 8.14. The number of ether oxygens (including phenoxy) is 2. The molecule has 0 spiro atoms. The molecule has 0 N–H and O–H groups in total. The third-order valence-electron chi connectivity index (χ3n) is 3.48. The molecule has 0 radical (unpaired) electrons. The third-order valence-corrected chi connectivity index (χ3v) is 4.34. The molecule has 2 heterocycles. The topological polar surface area (TPSA) is 74.5 Å². The molecule has 0 saturated heterocycles. The molecule has 0 bridgehead atoms. The summed E-state index contributed by atoms with van der Waals surface area (Å²) in [6.07, 6.45) is -0.638. The molecule has 0 aliphatic rings. The summed E-state index contributed by atoms with van der Waals surface area (Å²) in [5.41, 5.74) is 0.437. The highest BCUT2D eigenvalue weighted by molar-refractivity contribution is 7.13. The molecule has 26 heavy (non-hydrogen) atoms. The second-order valence-corrected chi connectivity index (χ2v) is 7.15. The maximum absolute atomic E-state index is 12.3. The monoisotopic (exact) mass is 372 g/mol. The summed E-state index contributed by atoms with van der Waals surface area (Å²) >= 11 is 1.50. The number of carbonyl (C=O) groups excluding carboxylic acids is 1. The molecular formula is C19H20N2O4S. The van der Waals surface area contributed by atoms with Crippen LogP contribution in [0.25, 0.3) is 10.8 Å². The van der Waals surface area contributed by atoms with E-state index in [0.29, 0.717) is 24.0 Å². The van der Waals surface area contributed by atoms with Gasteiger partial charge in [0.15, 0.2) is 6.10 Å². The van der Waals surface area contributed by atoms with Crippen molar-refractivity contribution < 1.29 is 18.7 Å². The lowest BCUT2D eigenvalue weighted by atomic mass is 10.2. The Morgan fingerprint density at radius 1 is 1.15 bits per heavy atom. The molecule has 1 atom stereocenters. The maximum atomic E-state index is 12.3. The minimum absolute atomic E-state index is 0.263. The van der Waals surface area contributed by atoms with E-state index in [1.54, 1.807) is 31.2 Å². The lowest BCUT2D eigenvalue weighted by Gasteiger charge is -2.11. The fourth-order valence-electron chi connectivity index (χ4n) is 2.13. The Bertz CT molecular complexity index is 841. The van der Waals surface area contributed by atoms with E-state index in [9.17, 15) is 4.79 Å². The van der Waals surface area contributed by atoms with Crippen LogP contribution in [0.4, 0.5) is 0 Å². The van der Waals surface area contributed by atoms with Gasteiger partial charge in [-0.2, -0.15) is 0 Å². The summed E-state index contributed by atoms with van der Waals surface area (Å²) in [6, 6.07) is 10.7. The van der Waals surface area contributed by atoms with E-state index in [1.807, 2.05) is 17.5 Å². The molecule has 2 aromatic heterocycles. The Balaban J connectivity index is 1.60. The summed E-state index contributed by atoms with van der Waals surface area (Å²) in [7, 11) is 0. The number of rotatable bonds is 7. The van der Waals surface area contributed by atoms with Crippen LogP contribution in [0.5, 0.6) is 5.75 Å². The Morgan fingerprint density at radius 3 is 2.58 bits per heavy atom. The van der Waals surface area contributed by atoms with Crippen molar-refractivity contribution in [2.24, 2.45) is 5.92 Å². The standard InChI is InChI=1S/C19H20N2O4S/c1-12(2)11-23-15-8-6-14(7-9-15)19(22)24-13(3)17-20-21-18(25-17)16-5-4-10-26-16/h4-10,12-13H,11H2,1-3H3/t13-/m1/s1. The zero-order valence-electron chi connectivity index (χ0n) is 14.8. The molecule has 0 amide bonds.